The summed E-state index contributed by atoms with van der Waals surface area (Å²) in [5, 5.41) is 2.90. The lowest BCUT2D eigenvalue weighted by Gasteiger charge is -2.32. The van der Waals surface area contributed by atoms with Crippen LogP contribution in [0.25, 0.3) is 0 Å². The second-order valence-corrected chi connectivity index (χ2v) is 11.4. The number of hydrogen-bond donors (Lipinski definition) is 1. The van der Waals surface area contributed by atoms with Crippen LogP contribution in [0.1, 0.15) is 44.7 Å². The largest absolute Gasteiger partial charge is 0.492 e. The Bertz CT molecular complexity index is 1360. The van der Waals surface area contributed by atoms with Crippen molar-refractivity contribution in [2.45, 2.75) is 58.0 Å². The van der Waals surface area contributed by atoms with Crippen LogP contribution in [0.4, 0.5) is 5.69 Å². The summed E-state index contributed by atoms with van der Waals surface area (Å²) in [6, 6.07) is 21.6. The van der Waals surface area contributed by atoms with Gasteiger partial charge >= 0.3 is 0 Å². The van der Waals surface area contributed by atoms with Crippen molar-refractivity contribution in [2.75, 3.05) is 24.0 Å². The van der Waals surface area contributed by atoms with Crippen LogP contribution in [0.2, 0.25) is 0 Å². The van der Waals surface area contributed by atoms with E-state index in [4.69, 9.17) is 4.74 Å². The van der Waals surface area contributed by atoms with Crippen LogP contribution >= 0.6 is 0 Å². The fraction of sp³-hybridized carbons (Fsp3) is 0.355. The predicted octanol–water partition coefficient (Wildman–Crippen LogP) is 4.92. The topological polar surface area (TPSA) is 96.0 Å². The maximum Gasteiger partial charge on any atom is 0.264 e. The second-order valence-electron chi connectivity index (χ2n) is 9.55. The van der Waals surface area contributed by atoms with Crippen molar-refractivity contribution < 1.29 is 22.7 Å². The van der Waals surface area contributed by atoms with Crippen molar-refractivity contribution >= 4 is 27.5 Å². The predicted molar refractivity (Wildman–Crippen MR) is 158 cm³/mol. The molecule has 8 nitrogen and oxygen atoms in total. The monoisotopic (exact) mass is 565 g/mol. The van der Waals surface area contributed by atoms with Crippen molar-refractivity contribution in [1.29, 1.82) is 0 Å². The molecule has 0 saturated heterocycles. The maximum atomic E-state index is 14.0. The van der Waals surface area contributed by atoms with Crippen LogP contribution in [0.3, 0.4) is 0 Å². The Kier molecular flexibility index (Phi) is 11.1. The van der Waals surface area contributed by atoms with E-state index < -0.39 is 28.5 Å². The van der Waals surface area contributed by atoms with E-state index in [0.29, 0.717) is 18.9 Å². The molecule has 1 N–H and O–H groups in total. The first kappa shape index (κ1) is 30.7. The maximum absolute atomic E-state index is 14.0. The lowest BCUT2D eigenvalue weighted by atomic mass is 10.1. The molecule has 2 amide bonds. The second kappa shape index (κ2) is 14.5. The molecule has 9 heteroatoms. The summed E-state index contributed by atoms with van der Waals surface area (Å²) in [4.78, 5) is 28.6. The highest BCUT2D eigenvalue weighted by molar-refractivity contribution is 7.92. The molecule has 0 aliphatic rings. The molecule has 0 radical (unpaired) electrons. The van der Waals surface area contributed by atoms with Gasteiger partial charge in [-0.1, -0.05) is 73.5 Å². The summed E-state index contributed by atoms with van der Waals surface area (Å²) in [7, 11) is -4.16. The fourth-order valence-electron chi connectivity index (χ4n) is 4.18. The Morgan fingerprint density at radius 3 is 2.23 bits per heavy atom. The molecule has 40 heavy (non-hydrogen) atoms. The van der Waals surface area contributed by atoms with Crippen molar-refractivity contribution in [2.24, 2.45) is 0 Å². The molecular formula is C31H39N3O5S. The molecule has 0 aromatic heterocycles. The van der Waals surface area contributed by atoms with Crippen molar-refractivity contribution in [1.82, 2.24) is 10.2 Å². The molecular weight excluding hydrogens is 526 g/mol. The van der Waals surface area contributed by atoms with Gasteiger partial charge in [0, 0.05) is 13.1 Å². The number of hydrogen-bond acceptors (Lipinski definition) is 5. The van der Waals surface area contributed by atoms with Gasteiger partial charge in [0.05, 0.1) is 17.2 Å². The van der Waals surface area contributed by atoms with E-state index in [2.05, 4.69) is 5.32 Å². The minimum absolute atomic E-state index is 0.0459. The molecule has 0 aliphatic heterocycles. The van der Waals surface area contributed by atoms with Gasteiger partial charge in [-0.2, -0.15) is 0 Å². The Morgan fingerprint density at radius 1 is 0.925 bits per heavy atom. The van der Waals surface area contributed by atoms with E-state index in [9.17, 15) is 18.0 Å². The SMILES string of the molecule is CCCCNC(=O)[C@@H](C)N(Cc1ccc(C)cc1)C(=O)CN(c1ccccc1OCC)S(=O)(=O)c1ccccc1. The first-order valence-corrected chi connectivity index (χ1v) is 15.0. The number of benzene rings is 3. The van der Waals surface area contributed by atoms with Gasteiger partial charge in [-0.15, -0.1) is 0 Å². The summed E-state index contributed by atoms with van der Waals surface area (Å²) < 4.78 is 34.7. The van der Waals surface area contributed by atoms with Crippen LogP contribution in [0, 0.1) is 6.92 Å². The molecule has 0 saturated carbocycles. The summed E-state index contributed by atoms with van der Waals surface area (Å²) in [6.45, 7) is 7.93. The number of anilines is 1. The Labute approximate surface area is 238 Å². The highest BCUT2D eigenvalue weighted by atomic mass is 32.2. The van der Waals surface area contributed by atoms with E-state index >= 15 is 0 Å². The smallest absolute Gasteiger partial charge is 0.264 e. The van der Waals surface area contributed by atoms with Crippen LogP contribution in [0.5, 0.6) is 5.75 Å². The third-order valence-corrected chi connectivity index (χ3v) is 8.29. The van der Waals surface area contributed by atoms with Crippen LogP contribution in [-0.4, -0.2) is 50.9 Å². The standard InChI is InChI=1S/C31H39N3O5S/c1-5-7-21-32-31(36)25(4)33(22-26-19-17-24(3)18-20-26)30(35)23-34(28-15-11-12-16-29(28)39-6-2)40(37,38)27-13-9-8-10-14-27/h8-20,25H,5-7,21-23H2,1-4H3,(H,32,36)/t25-/m1/s1. The molecule has 1 atom stereocenters. The van der Waals surface area contributed by atoms with E-state index in [0.717, 1.165) is 28.3 Å². The number of ether oxygens (including phenoxy) is 1. The number of rotatable bonds is 14. The average molecular weight is 566 g/mol. The number of nitrogens with one attached hydrogen (secondary N) is 1. The van der Waals surface area contributed by atoms with Crippen molar-refractivity contribution in [3.8, 4) is 5.75 Å². The molecule has 0 heterocycles. The van der Waals surface area contributed by atoms with Crippen LogP contribution < -0.4 is 14.4 Å². The fourth-order valence-corrected chi connectivity index (χ4v) is 5.63. The summed E-state index contributed by atoms with van der Waals surface area (Å²) in [5.74, 6) is -0.460. The van der Waals surface area contributed by atoms with Crippen LogP contribution in [0.15, 0.2) is 83.8 Å². The highest BCUT2D eigenvalue weighted by Crippen LogP contribution is 2.32. The first-order valence-electron chi connectivity index (χ1n) is 13.6. The molecule has 0 fully saturated rings. The summed E-state index contributed by atoms with van der Waals surface area (Å²) >= 11 is 0. The van der Waals surface area contributed by atoms with E-state index in [-0.39, 0.29) is 23.0 Å². The molecule has 3 aromatic rings. The highest BCUT2D eigenvalue weighted by Gasteiger charge is 2.33. The number of sulfonamides is 1. The minimum Gasteiger partial charge on any atom is -0.492 e. The van der Waals surface area contributed by atoms with Gasteiger partial charge in [0.15, 0.2) is 0 Å². The number of para-hydroxylation sites is 2. The minimum atomic E-state index is -4.16. The third-order valence-electron chi connectivity index (χ3n) is 6.51. The average Bonchev–Trinajstić information content (AvgIpc) is 2.96. The van der Waals surface area contributed by atoms with Gasteiger partial charge in [0.2, 0.25) is 11.8 Å². The molecule has 3 aromatic carbocycles. The van der Waals surface area contributed by atoms with Crippen LogP contribution in [-0.2, 0) is 26.2 Å². The molecule has 214 valence electrons. The van der Waals surface area contributed by atoms with E-state index in [1.54, 1.807) is 56.3 Å². The zero-order valence-electron chi connectivity index (χ0n) is 23.7. The van der Waals surface area contributed by atoms with E-state index in [1.165, 1.54) is 17.0 Å². The number of aryl methyl sites for hydroxylation is 1. The van der Waals surface area contributed by atoms with Crippen molar-refractivity contribution in [3.05, 3.63) is 90.0 Å². The molecule has 0 aliphatic carbocycles. The van der Waals surface area contributed by atoms with Crippen molar-refractivity contribution in [3.63, 3.8) is 0 Å². The van der Waals surface area contributed by atoms with Gasteiger partial charge < -0.3 is 15.0 Å². The first-order chi connectivity index (χ1) is 19.2. The molecule has 0 spiro atoms. The number of amides is 2. The zero-order chi connectivity index (χ0) is 29.1. The third kappa shape index (κ3) is 7.85. The summed E-state index contributed by atoms with van der Waals surface area (Å²) in [5.41, 5.74) is 2.15. The summed E-state index contributed by atoms with van der Waals surface area (Å²) in [6.07, 6.45) is 1.74. The number of carbonyl (C=O) groups excluding carboxylic acids is 2. The number of carbonyl (C=O) groups is 2. The Hall–Kier alpha value is -3.85. The molecule has 0 bridgehead atoms. The lowest BCUT2D eigenvalue weighted by Crippen LogP contribution is -2.51. The Balaban J connectivity index is 2.03. The molecule has 0 unspecified atom stereocenters. The number of nitrogens with zero attached hydrogens (tertiary/aromatic N) is 2. The van der Waals surface area contributed by atoms with Gasteiger partial charge in [-0.3, -0.25) is 13.9 Å². The molecule has 3 rings (SSSR count). The van der Waals surface area contributed by atoms with E-state index in [1.807, 2.05) is 38.1 Å². The van der Waals surface area contributed by atoms with Gasteiger partial charge in [-0.05, 0) is 57.0 Å². The van der Waals surface area contributed by atoms with Gasteiger partial charge in [0.1, 0.15) is 18.3 Å². The van der Waals surface area contributed by atoms with Gasteiger partial charge in [-0.25, -0.2) is 8.42 Å². The van der Waals surface area contributed by atoms with Gasteiger partial charge in [0.25, 0.3) is 10.0 Å². The Morgan fingerprint density at radius 2 is 1.57 bits per heavy atom. The zero-order valence-corrected chi connectivity index (χ0v) is 24.5. The lowest BCUT2D eigenvalue weighted by molar-refractivity contribution is -0.139. The normalized spacial score (nSPS) is 11.9. The number of unbranched alkanes of at least 4 members (excludes halogenated alkanes) is 1. The quantitative estimate of drug-likeness (QED) is 0.280.